The van der Waals surface area contributed by atoms with Crippen molar-refractivity contribution in [1.29, 1.82) is 0 Å². The summed E-state index contributed by atoms with van der Waals surface area (Å²) in [6.45, 7) is 3.28. The van der Waals surface area contributed by atoms with Gasteiger partial charge >= 0.3 is 0 Å². The lowest BCUT2D eigenvalue weighted by atomic mass is 9.89. The minimum atomic E-state index is -0.735. The Bertz CT molecular complexity index is 404. The summed E-state index contributed by atoms with van der Waals surface area (Å²) in [5.74, 6) is -0.269. The standard InChI is InChI=1S/C12H15FN2O/c1-12(9-3-5-10(13)6-4-9)11(16)15(2)8-7-14-12/h3-6,14H,7-8H2,1-2H3. The Balaban J connectivity index is 2.37. The molecule has 0 saturated carbocycles. The average molecular weight is 222 g/mol. The van der Waals surface area contributed by atoms with Crippen molar-refractivity contribution >= 4 is 5.91 Å². The fourth-order valence-electron chi connectivity index (χ4n) is 2.04. The number of piperazine rings is 1. The van der Waals surface area contributed by atoms with Crippen molar-refractivity contribution < 1.29 is 9.18 Å². The Morgan fingerprint density at radius 1 is 1.38 bits per heavy atom. The van der Waals surface area contributed by atoms with Gasteiger partial charge in [-0.3, -0.25) is 10.1 Å². The van der Waals surface area contributed by atoms with E-state index in [1.807, 2.05) is 6.92 Å². The Morgan fingerprint density at radius 3 is 2.62 bits per heavy atom. The summed E-state index contributed by atoms with van der Waals surface area (Å²) in [6, 6.07) is 6.06. The van der Waals surface area contributed by atoms with E-state index >= 15 is 0 Å². The highest BCUT2D eigenvalue weighted by atomic mass is 19.1. The van der Waals surface area contributed by atoms with Crippen LogP contribution < -0.4 is 5.32 Å². The lowest BCUT2D eigenvalue weighted by Crippen LogP contribution is -2.59. The molecule has 4 heteroatoms. The highest BCUT2D eigenvalue weighted by molar-refractivity contribution is 5.87. The van der Waals surface area contributed by atoms with Gasteiger partial charge in [0.05, 0.1) is 0 Å². The third kappa shape index (κ3) is 1.69. The van der Waals surface area contributed by atoms with Crippen LogP contribution in [0.15, 0.2) is 24.3 Å². The van der Waals surface area contributed by atoms with Gasteiger partial charge in [0.15, 0.2) is 0 Å². The van der Waals surface area contributed by atoms with Gasteiger partial charge in [-0.25, -0.2) is 4.39 Å². The van der Waals surface area contributed by atoms with Gasteiger partial charge in [0, 0.05) is 20.1 Å². The predicted octanol–water partition coefficient (Wildman–Crippen LogP) is 1.10. The van der Waals surface area contributed by atoms with Crippen LogP contribution in [0.5, 0.6) is 0 Å². The summed E-state index contributed by atoms with van der Waals surface area (Å²) < 4.78 is 12.8. The molecule has 16 heavy (non-hydrogen) atoms. The Hall–Kier alpha value is -1.42. The molecule has 1 aliphatic heterocycles. The number of amides is 1. The zero-order valence-electron chi connectivity index (χ0n) is 9.46. The van der Waals surface area contributed by atoms with E-state index in [9.17, 15) is 9.18 Å². The van der Waals surface area contributed by atoms with Crippen LogP contribution in [-0.2, 0) is 10.3 Å². The molecule has 1 saturated heterocycles. The summed E-state index contributed by atoms with van der Waals surface area (Å²) >= 11 is 0. The molecule has 0 radical (unpaired) electrons. The second-order valence-corrected chi connectivity index (χ2v) is 4.29. The van der Waals surface area contributed by atoms with Gasteiger partial charge < -0.3 is 4.90 Å². The number of hydrogen-bond donors (Lipinski definition) is 1. The van der Waals surface area contributed by atoms with Crippen LogP contribution >= 0.6 is 0 Å². The summed E-state index contributed by atoms with van der Waals surface area (Å²) in [7, 11) is 1.78. The van der Waals surface area contributed by atoms with Crippen LogP contribution in [0.25, 0.3) is 0 Å². The predicted molar refractivity (Wildman–Crippen MR) is 59.4 cm³/mol. The van der Waals surface area contributed by atoms with E-state index in [1.54, 1.807) is 24.1 Å². The maximum absolute atomic E-state index is 12.8. The summed E-state index contributed by atoms with van der Waals surface area (Å²) in [4.78, 5) is 13.8. The molecule has 2 rings (SSSR count). The third-order valence-corrected chi connectivity index (χ3v) is 3.12. The topological polar surface area (TPSA) is 32.3 Å². The SMILES string of the molecule is CN1CCNC(C)(c2ccc(F)cc2)C1=O. The van der Waals surface area contributed by atoms with E-state index in [0.29, 0.717) is 6.54 Å². The average Bonchev–Trinajstić information content (AvgIpc) is 2.27. The number of halogens is 1. The fourth-order valence-corrected chi connectivity index (χ4v) is 2.04. The molecule has 1 fully saturated rings. The smallest absolute Gasteiger partial charge is 0.246 e. The molecule has 0 spiro atoms. The number of benzene rings is 1. The van der Waals surface area contributed by atoms with Crippen LogP contribution in [0, 0.1) is 5.82 Å². The van der Waals surface area contributed by atoms with Gasteiger partial charge in [0.2, 0.25) is 5.91 Å². The minimum Gasteiger partial charge on any atom is -0.343 e. The molecule has 0 bridgehead atoms. The van der Waals surface area contributed by atoms with Crippen LogP contribution in [0.4, 0.5) is 4.39 Å². The van der Waals surface area contributed by atoms with Crippen LogP contribution in [0.3, 0.4) is 0 Å². The van der Waals surface area contributed by atoms with Gasteiger partial charge in [-0.15, -0.1) is 0 Å². The van der Waals surface area contributed by atoms with E-state index in [-0.39, 0.29) is 11.7 Å². The first-order valence-electron chi connectivity index (χ1n) is 5.31. The molecule has 0 aliphatic carbocycles. The fraction of sp³-hybridized carbons (Fsp3) is 0.417. The summed E-state index contributed by atoms with van der Waals surface area (Å²) in [5.41, 5.74) is 0.0613. The molecular weight excluding hydrogens is 207 g/mol. The number of carbonyl (C=O) groups excluding carboxylic acids is 1. The van der Waals surface area contributed by atoms with Gasteiger partial charge in [0.1, 0.15) is 11.4 Å². The van der Waals surface area contributed by atoms with Crippen molar-refractivity contribution in [1.82, 2.24) is 10.2 Å². The van der Waals surface area contributed by atoms with Crippen molar-refractivity contribution in [2.24, 2.45) is 0 Å². The number of nitrogens with one attached hydrogen (secondary N) is 1. The number of carbonyl (C=O) groups is 1. The van der Waals surface area contributed by atoms with E-state index < -0.39 is 5.54 Å². The van der Waals surface area contributed by atoms with Crippen LogP contribution in [0.2, 0.25) is 0 Å². The molecule has 1 aromatic carbocycles. The monoisotopic (exact) mass is 222 g/mol. The molecule has 1 aromatic rings. The van der Waals surface area contributed by atoms with E-state index in [0.717, 1.165) is 12.1 Å². The Morgan fingerprint density at radius 2 is 2.00 bits per heavy atom. The van der Waals surface area contributed by atoms with E-state index in [1.165, 1.54) is 12.1 Å². The number of rotatable bonds is 1. The van der Waals surface area contributed by atoms with Gasteiger partial charge in [-0.05, 0) is 24.6 Å². The normalized spacial score (nSPS) is 25.9. The lowest BCUT2D eigenvalue weighted by molar-refractivity contribution is -0.139. The van der Waals surface area contributed by atoms with Crippen molar-refractivity contribution in [3.63, 3.8) is 0 Å². The maximum atomic E-state index is 12.8. The first kappa shape index (κ1) is 11.1. The third-order valence-electron chi connectivity index (χ3n) is 3.12. The zero-order valence-corrected chi connectivity index (χ0v) is 9.46. The van der Waals surface area contributed by atoms with Crippen LogP contribution in [-0.4, -0.2) is 30.9 Å². The Kier molecular flexibility index (Phi) is 2.68. The highest BCUT2D eigenvalue weighted by Gasteiger charge is 2.39. The van der Waals surface area contributed by atoms with E-state index in [4.69, 9.17) is 0 Å². The van der Waals surface area contributed by atoms with E-state index in [2.05, 4.69) is 5.32 Å². The van der Waals surface area contributed by atoms with Crippen LogP contribution in [0.1, 0.15) is 12.5 Å². The highest BCUT2D eigenvalue weighted by Crippen LogP contribution is 2.25. The van der Waals surface area contributed by atoms with Gasteiger partial charge in [-0.2, -0.15) is 0 Å². The molecule has 0 aromatic heterocycles. The molecule has 86 valence electrons. The number of nitrogens with zero attached hydrogens (tertiary/aromatic N) is 1. The molecule has 1 heterocycles. The maximum Gasteiger partial charge on any atom is 0.246 e. The quantitative estimate of drug-likeness (QED) is 0.771. The molecule has 1 aliphatic rings. The van der Waals surface area contributed by atoms with Gasteiger partial charge in [-0.1, -0.05) is 12.1 Å². The molecule has 3 nitrogen and oxygen atoms in total. The second kappa shape index (κ2) is 3.87. The zero-order chi connectivity index (χ0) is 11.8. The largest absolute Gasteiger partial charge is 0.343 e. The van der Waals surface area contributed by atoms with Crippen molar-refractivity contribution in [3.05, 3.63) is 35.6 Å². The molecular formula is C12H15FN2O. The van der Waals surface area contributed by atoms with Crippen molar-refractivity contribution in [2.75, 3.05) is 20.1 Å². The number of hydrogen-bond acceptors (Lipinski definition) is 2. The van der Waals surface area contributed by atoms with Gasteiger partial charge in [0.25, 0.3) is 0 Å². The summed E-state index contributed by atoms with van der Waals surface area (Å²) in [5, 5.41) is 3.20. The molecule has 1 amide bonds. The first-order valence-corrected chi connectivity index (χ1v) is 5.31. The second-order valence-electron chi connectivity index (χ2n) is 4.29. The lowest BCUT2D eigenvalue weighted by Gasteiger charge is -2.39. The Labute approximate surface area is 94.3 Å². The number of likely N-dealkylation sites (N-methyl/N-ethyl adjacent to an activating group) is 1. The molecule has 1 atom stereocenters. The van der Waals surface area contributed by atoms with Crippen molar-refractivity contribution in [3.8, 4) is 0 Å². The minimum absolute atomic E-state index is 0.0189. The van der Waals surface area contributed by atoms with Crippen molar-refractivity contribution in [2.45, 2.75) is 12.5 Å². The summed E-state index contributed by atoms with van der Waals surface area (Å²) in [6.07, 6.45) is 0. The first-order chi connectivity index (χ1) is 7.54. The molecule has 1 N–H and O–H groups in total. The molecule has 1 unspecified atom stereocenters.